The number of aliphatic hydroxyl groups is 1. The van der Waals surface area contributed by atoms with Gasteiger partial charge < -0.3 is 19.2 Å². The van der Waals surface area contributed by atoms with Crippen LogP contribution in [0.4, 0.5) is 0 Å². The van der Waals surface area contributed by atoms with E-state index in [2.05, 4.69) is 0 Å². The van der Waals surface area contributed by atoms with Crippen LogP contribution in [0.5, 0.6) is 5.75 Å². The number of aliphatic hydroxyl groups excluding tert-OH is 1. The molecule has 0 unspecified atom stereocenters. The number of carbonyl (C=O) groups excluding carboxylic acids is 1. The lowest BCUT2D eigenvalue weighted by molar-refractivity contribution is 0.0683. The lowest BCUT2D eigenvalue weighted by Gasteiger charge is -2.24. The molecule has 5 heteroatoms. The summed E-state index contributed by atoms with van der Waals surface area (Å²) in [5.41, 5.74) is 0.950. The maximum absolute atomic E-state index is 12.5. The molecule has 1 saturated heterocycles. The van der Waals surface area contributed by atoms with Crippen molar-refractivity contribution < 1.29 is 19.1 Å². The first-order chi connectivity index (χ1) is 10.2. The molecule has 110 valence electrons. The van der Waals surface area contributed by atoms with Gasteiger partial charge in [-0.2, -0.15) is 0 Å². The third kappa shape index (κ3) is 2.64. The number of β-amino-alcohol motifs (C(OH)–C–C–N with tert-alkyl or cyclic N) is 1. The molecular weight excluding hydrogens is 270 g/mol. The quantitative estimate of drug-likeness (QED) is 0.940. The highest BCUT2D eigenvalue weighted by Crippen LogP contribution is 2.34. The second kappa shape index (κ2) is 5.61. The molecule has 0 aliphatic carbocycles. The smallest absolute Gasteiger partial charge is 0.290 e. The van der Waals surface area contributed by atoms with Crippen molar-refractivity contribution in [2.24, 2.45) is 0 Å². The number of methoxy groups -OCH3 is 1. The van der Waals surface area contributed by atoms with Crippen molar-refractivity contribution in [3.05, 3.63) is 54.0 Å². The fourth-order valence-corrected chi connectivity index (χ4v) is 2.74. The van der Waals surface area contributed by atoms with Gasteiger partial charge >= 0.3 is 0 Å². The van der Waals surface area contributed by atoms with Crippen LogP contribution in [0, 0.1) is 0 Å². The third-order valence-corrected chi connectivity index (χ3v) is 3.75. The largest absolute Gasteiger partial charge is 0.497 e. The Labute approximate surface area is 122 Å². The van der Waals surface area contributed by atoms with Crippen LogP contribution in [0.15, 0.2) is 47.1 Å². The van der Waals surface area contributed by atoms with Gasteiger partial charge in [0.25, 0.3) is 5.91 Å². The second-order valence-corrected chi connectivity index (χ2v) is 5.12. The minimum atomic E-state index is -0.528. The SMILES string of the molecule is COc1cccc([C@@H]2C[C@@H](O)CN2C(=O)c2ccco2)c1. The van der Waals surface area contributed by atoms with E-state index in [1.165, 1.54) is 6.26 Å². The summed E-state index contributed by atoms with van der Waals surface area (Å²) in [5, 5.41) is 9.95. The van der Waals surface area contributed by atoms with Gasteiger partial charge in [-0.15, -0.1) is 0 Å². The molecule has 1 aliphatic rings. The van der Waals surface area contributed by atoms with Crippen LogP contribution in [0.2, 0.25) is 0 Å². The van der Waals surface area contributed by atoms with E-state index in [4.69, 9.17) is 9.15 Å². The van der Waals surface area contributed by atoms with Gasteiger partial charge in [-0.05, 0) is 36.2 Å². The molecule has 0 saturated carbocycles. The number of rotatable bonds is 3. The zero-order valence-electron chi connectivity index (χ0n) is 11.7. The Morgan fingerprint density at radius 1 is 1.38 bits per heavy atom. The van der Waals surface area contributed by atoms with E-state index in [9.17, 15) is 9.90 Å². The summed E-state index contributed by atoms with van der Waals surface area (Å²) >= 11 is 0. The van der Waals surface area contributed by atoms with Crippen molar-refractivity contribution in [3.8, 4) is 5.75 Å². The first-order valence-corrected chi connectivity index (χ1v) is 6.85. The standard InChI is InChI=1S/C16H17NO4/c1-20-13-5-2-4-11(8-13)14-9-12(18)10-17(14)16(19)15-6-3-7-21-15/h2-8,12,14,18H,9-10H2,1H3/t12-,14+/m1/s1. The molecule has 1 amide bonds. The van der Waals surface area contributed by atoms with Gasteiger partial charge in [0.15, 0.2) is 5.76 Å². The predicted molar refractivity (Wildman–Crippen MR) is 76.1 cm³/mol. The maximum atomic E-state index is 12.5. The first kappa shape index (κ1) is 13.7. The molecular formula is C16H17NO4. The summed E-state index contributed by atoms with van der Waals surface area (Å²) in [7, 11) is 1.61. The highest BCUT2D eigenvalue weighted by Gasteiger charge is 2.36. The van der Waals surface area contributed by atoms with E-state index < -0.39 is 6.10 Å². The van der Waals surface area contributed by atoms with Crippen molar-refractivity contribution in [1.82, 2.24) is 4.90 Å². The normalized spacial score (nSPS) is 21.5. The summed E-state index contributed by atoms with van der Waals surface area (Å²) in [6.45, 7) is 0.307. The zero-order chi connectivity index (χ0) is 14.8. The lowest BCUT2D eigenvalue weighted by Crippen LogP contribution is -2.31. The monoisotopic (exact) mass is 287 g/mol. The van der Waals surface area contributed by atoms with Crippen LogP contribution in [0.25, 0.3) is 0 Å². The van der Waals surface area contributed by atoms with Crippen molar-refractivity contribution in [1.29, 1.82) is 0 Å². The average molecular weight is 287 g/mol. The molecule has 0 radical (unpaired) electrons. The van der Waals surface area contributed by atoms with E-state index in [-0.39, 0.29) is 17.7 Å². The van der Waals surface area contributed by atoms with Crippen molar-refractivity contribution >= 4 is 5.91 Å². The lowest BCUT2D eigenvalue weighted by atomic mass is 10.0. The highest BCUT2D eigenvalue weighted by atomic mass is 16.5. The Morgan fingerprint density at radius 3 is 2.95 bits per heavy atom. The molecule has 3 rings (SSSR count). The molecule has 21 heavy (non-hydrogen) atoms. The van der Waals surface area contributed by atoms with Crippen LogP contribution in [-0.2, 0) is 0 Å². The number of carbonyl (C=O) groups is 1. The molecule has 1 aromatic heterocycles. The summed E-state index contributed by atoms with van der Waals surface area (Å²) in [4.78, 5) is 14.1. The summed E-state index contributed by atoms with van der Waals surface area (Å²) in [6.07, 6.45) is 1.46. The summed E-state index contributed by atoms with van der Waals surface area (Å²) in [6, 6.07) is 10.7. The Balaban J connectivity index is 1.90. The second-order valence-electron chi connectivity index (χ2n) is 5.12. The molecule has 1 fully saturated rings. The maximum Gasteiger partial charge on any atom is 0.290 e. The van der Waals surface area contributed by atoms with E-state index in [0.717, 1.165) is 11.3 Å². The van der Waals surface area contributed by atoms with Gasteiger partial charge in [-0.3, -0.25) is 4.79 Å². The van der Waals surface area contributed by atoms with Crippen molar-refractivity contribution in [2.75, 3.05) is 13.7 Å². The highest BCUT2D eigenvalue weighted by molar-refractivity contribution is 5.92. The number of hydrogen-bond acceptors (Lipinski definition) is 4. The van der Waals surface area contributed by atoms with Gasteiger partial charge in [-0.25, -0.2) is 0 Å². The molecule has 2 aromatic rings. The number of benzene rings is 1. The Hall–Kier alpha value is -2.27. The molecule has 5 nitrogen and oxygen atoms in total. The van der Waals surface area contributed by atoms with Crippen molar-refractivity contribution in [3.63, 3.8) is 0 Å². The fraction of sp³-hybridized carbons (Fsp3) is 0.312. The zero-order valence-corrected chi connectivity index (χ0v) is 11.7. The van der Waals surface area contributed by atoms with E-state index in [1.54, 1.807) is 24.1 Å². The van der Waals surface area contributed by atoms with Gasteiger partial charge in [0.2, 0.25) is 0 Å². The summed E-state index contributed by atoms with van der Waals surface area (Å²) < 4.78 is 10.4. The minimum absolute atomic E-state index is 0.173. The molecule has 1 aromatic carbocycles. The van der Waals surface area contributed by atoms with Gasteiger partial charge in [0, 0.05) is 6.54 Å². The molecule has 2 atom stereocenters. The molecule has 1 N–H and O–H groups in total. The molecule has 0 bridgehead atoms. The Bertz CT molecular complexity index is 623. The van der Waals surface area contributed by atoms with Gasteiger partial charge in [0.05, 0.1) is 25.5 Å². The van der Waals surface area contributed by atoms with Crippen LogP contribution in [-0.4, -0.2) is 35.7 Å². The van der Waals surface area contributed by atoms with Gasteiger partial charge in [-0.1, -0.05) is 12.1 Å². The number of furan rings is 1. The van der Waals surface area contributed by atoms with Crippen molar-refractivity contribution in [2.45, 2.75) is 18.6 Å². The molecule has 1 aliphatic heterocycles. The third-order valence-electron chi connectivity index (χ3n) is 3.75. The number of hydrogen-bond donors (Lipinski definition) is 1. The van der Waals surface area contributed by atoms with E-state index >= 15 is 0 Å². The van der Waals surface area contributed by atoms with Crippen LogP contribution in [0.3, 0.4) is 0 Å². The topological polar surface area (TPSA) is 62.9 Å². The fourth-order valence-electron chi connectivity index (χ4n) is 2.74. The number of nitrogens with zero attached hydrogens (tertiary/aromatic N) is 1. The minimum Gasteiger partial charge on any atom is -0.497 e. The average Bonchev–Trinajstić information content (AvgIpc) is 3.16. The Kier molecular flexibility index (Phi) is 3.66. The Morgan fingerprint density at radius 2 is 2.24 bits per heavy atom. The first-order valence-electron chi connectivity index (χ1n) is 6.85. The van der Waals surface area contributed by atoms with E-state index in [1.807, 2.05) is 24.3 Å². The predicted octanol–water partition coefficient (Wildman–Crippen LogP) is 2.24. The van der Waals surface area contributed by atoms with Crippen LogP contribution in [0.1, 0.15) is 28.6 Å². The molecule has 2 heterocycles. The number of amides is 1. The van der Waals surface area contributed by atoms with Gasteiger partial charge in [0.1, 0.15) is 5.75 Å². The number of ether oxygens (including phenoxy) is 1. The van der Waals surface area contributed by atoms with Crippen LogP contribution >= 0.6 is 0 Å². The molecule has 0 spiro atoms. The van der Waals surface area contributed by atoms with E-state index in [0.29, 0.717) is 13.0 Å². The number of likely N-dealkylation sites (tertiary alicyclic amines) is 1. The van der Waals surface area contributed by atoms with Crippen LogP contribution < -0.4 is 4.74 Å². The summed E-state index contributed by atoms with van der Waals surface area (Å²) in [5.74, 6) is 0.820.